The van der Waals surface area contributed by atoms with Crippen LogP contribution in [0.1, 0.15) is 38.2 Å². The van der Waals surface area contributed by atoms with Crippen LogP contribution >= 0.6 is 0 Å². The number of hydrogen-bond donors (Lipinski definition) is 0. The molecule has 146 valence electrons. The van der Waals surface area contributed by atoms with Crippen LogP contribution in [0.3, 0.4) is 0 Å². The second kappa shape index (κ2) is 8.65. The number of oxime groups is 1. The fourth-order valence-corrected chi connectivity index (χ4v) is 4.05. The summed E-state index contributed by atoms with van der Waals surface area (Å²) in [5, 5.41) is 4.19. The molecule has 27 heavy (non-hydrogen) atoms. The zero-order chi connectivity index (χ0) is 19.3. The molecule has 1 aromatic rings. The monoisotopic (exact) mass is 374 g/mol. The van der Waals surface area contributed by atoms with Crippen molar-refractivity contribution in [2.24, 2.45) is 10.6 Å². The number of esters is 1. The predicted octanol–water partition coefficient (Wildman–Crippen LogP) is 3.54. The molecule has 1 aromatic carbocycles. The number of carbonyl (C=O) groups is 1. The van der Waals surface area contributed by atoms with E-state index in [0.717, 1.165) is 37.2 Å². The first-order valence-corrected chi connectivity index (χ1v) is 9.55. The van der Waals surface area contributed by atoms with Crippen molar-refractivity contribution in [1.29, 1.82) is 0 Å². The first kappa shape index (κ1) is 19.5. The van der Waals surface area contributed by atoms with Crippen LogP contribution in [-0.4, -0.2) is 48.9 Å². The summed E-state index contributed by atoms with van der Waals surface area (Å²) in [6, 6.07) is 6.24. The molecule has 5 nitrogen and oxygen atoms in total. The van der Waals surface area contributed by atoms with E-state index in [1.165, 1.54) is 12.1 Å². The van der Waals surface area contributed by atoms with Gasteiger partial charge in [0.15, 0.2) is 0 Å². The number of carbonyl (C=O) groups excluding carboxylic acids is 1. The third kappa shape index (κ3) is 4.56. The van der Waals surface area contributed by atoms with Crippen molar-refractivity contribution in [3.05, 3.63) is 48.3 Å². The van der Waals surface area contributed by atoms with E-state index in [1.807, 2.05) is 13.0 Å². The van der Waals surface area contributed by atoms with Crippen LogP contribution in [0, 0.1) is 11.2 Å². The molecule has 0 N–H and O–H groups in total. The molecule has 2 heterocycles. The number of piperidine rings is 1. The molecule has 0 aromatic heterocycles. The van der Waals surface area contributed by atoms with Gasteiger partial charge in [-0.2, -0.15) is 0 Å². The highest BCUT2D eigenvalue weighted by atomic mass is 19.1. The second-order valence-corrected chi connectivity index (χ2v) is 7.31. The molecule has 0 amide bonds. The zero-order valence-corrected chi connectivity index (χ0v) is 15.8. The van der Waals surface area contributed by atoms with Gasteiger partial charge in [0.05, 0.1) is 17.7 Å². The minimum Gasteiger partial charge on any atom is -0.466 e. The molecule has 1 fully saturated rings. The lowest BCUT2D eigenvalue weighted by Crippen LogP contribution is -2.50. The molecule has 2 aliphatic heterocycles. The van der Waals surface area contributed by atoms with Crippen LogP contribution < -0.4 is 0 Å². The zero-order valence-electron chi connectivity index (χ0n) is 15.8. The summed E-state index contributed by atoms with van der Waals surface area (Å²) in [7, 11) is 0. The summed E-state index contributed by atoms with van der Waals surface area (Å²) < 4.78 is 18.6. The van der Waals surface area contributed by atoms with Crippen LogP contribution in [0.5, 0.6) is 0 Å². The minimum absolute atomic E-state index is 0.155. The molecule has 2 atom stereocenters. The number of ether oxygens (including phenoxy) is 1. The van der Waals surface area contributed by atoms with Gasteiger partial charge in [-0.05, 0) is 44.0 Å². The van der Waals surface area contributed by atoms with Crippen molar-refractivity contribution in [1.82, 2.24) is 4.90 Å². The summed E-state index contributed by atoms with van der Waals surface area (Å²) in [5.41, 5.74) is 1.05. The smallest absolute Gasteiger partial charge is 0.313 e. The Kier molecular flexibility index (Phi) is 6.26. The molecule has 2 unspecified atom stereocenters. The first-order valence-electron chi connectivity index (χ1n) is 9.55. The van der Waals surface area contributed by atoms with Crippen LogP contribution in [0.25, 0.3) is 0 Å². The van der Waals surface area contributed by atoms with E-state index in [1.54, 1.807) is 12.1 Å². The molecular formula is C21H27FN2O3. The molecule has 0 spiro atoms. The highest BCUT2D eigenvalue weighted by molar-refractivity contribution is 6.01. The summed E-state index contributed by atoms with van der Waals surface area (Å²) in [6.45, 7) is 8.36. The Morgan fingerprint density at radius 1 is 1.48 bits per heavy atom. The standard InChI is InChI=1S/C21H27FN2O3/c1-3-11-24-12-5-10-21(15-24,20(25)26-4-2)14-18-13-19(23-27-18)16-6-8-17(22)9-7-16/h3,6-9,18H,1,4-5,10-15H2,2H3. The molecule has 0 saturated carbocycles. The number of rotatable bonds is 7. The van der Waals surface area contributed by atoms with Gasteiger partial charge in [-0.1, -0.05) is 23.4 Å². The lowest BCUT2D eigenvalue weighted by Gasteiger charge is -2.41. The van der Waals surface area contributed by atoms with E-state index in [-0.39, 0.29) is 17.9 Å². The summed E-state index contributed by atoms with van der Waals surface area (Å²) in [5.74, 6) is -0.432. The Morgan fingerprint density at radius 3 is 2.96 bits per heavy atom. The number of hydrogen-bond acceptors (Lipinski definition) is 5. The topological polar surface area (TPSA) is 51.1 Å². The first-order chi connectivity index (χ1) is 13.1. The van der Waals surface area contributed by atoms with E-state index in [0.29, 0.717) is 26.0 Å². The Balaban J connectivity index is 1.70. The average Bonchev–Trinajstić information content (AvgIpc) is 3.11. The predicted molar refractivity (Wildman–Crippen MR) is 102 cm³/mol. The highest BCUT2D eigenvalue weighted by Gasteiger charge is 2.46. The number of benzene rings is 1. The lowest BCUT2D eigenvalue weighted by molar-refractivity contribution is -0.162. The van der Waals surface area contributed by atoms with E-state index in [4.69, 9.17) is 9.57 Å². The summed E-state index contributed by atoms with van der Waals surface area (Å²) in [6.07, 6.45) is 4.57. The van der Waals surface area contributed by atoms with E-state index < -0.39 is 5.41 Å². The normalized spacial score (nSPS) is 25.6. The molecule has 1 saturated heterocycles. The van der Waals surface area contributed by atoms with Gasteiger partial charge in [0.25, 0.3) is 0 Å². The maximum Gasteiger partial charge on any atom is 0.313 e. The van der Waals surface area contributed by atoms with Gasteiger partial charge in [0.2, 0.25) is 0 Å². The van der Waals surface area contributed by atoms with Crippen LogP contribution in [0.2, 0.25) is 0 Å². The number of halogens is 1. The SMILES string of the molecule is C=CCN1CCCC(CC2CC(c3ccc(F)cc3)=NO2)(C(=O)OCC)C1. The van der Waals surface area contributed by atoms with Gasteiger partial charge < -0.3 is 9.57 Å². The Labute approximate surface area is 159 Å². The van der Waals surface area contributed by atoms with Gasteiger partial charge in [-0.15, -0.1) is 6.58 Å². The van der Waals surface area contributed by atoms with Gasteiger partial charge in [-0.3, -0.25) is 9.69 Å². The molecule has 6 heteroatoms. The molecule has 0 aliphatic carbocycles. The molecule has 0 radical (unpaired) electrons. The Morgan fingerprint density at radius 2 is 2.26 bits per heavy atom. The quantitative estimate of drug-likeness (QED) is 0.541. The number of likely N-dealkylation sites (tertiary alicyclic amines) is 1. The second-order valence-electron chi connectivity index (χ2n) is 7.31. The molecule has 3 rings (SSSR count). The summed E-state index contributed by atoms with van der Waals surface area (Å²) >= 11 is 0. The fraction of sp³-hybridized carbons (Fsp3) is 0.524. The Bertz CT molecular complexity index is 704. The summed E-state index contributed by atoms with van der Waals surface area (Å²) in [4.78, 5) is 20.7. The molecule has 0 bridgehead atoms. The van der Waals surface area contributed by atoms with E-state index >= 15 is 0 Å². The molecule has 2 aliphatic rings. The van der Waals surface area contributed by atoms with Crippen molar-refractivity contribution >= 4 is 11.7 Å². The number of nitrogens with zero attached hydrogens (tertiary/aromatic N) is 2. The highest BCUT2D eigenvalue weighted by Crippen LogP contribution is 2.39. The maximum atomic E-state index is 13.1. The Hall–Kier alpha value is -2.21. The van der Waals surface area contributed by atoms with Crippen LogP contribution in [-0.2, 0) is 14.4 Å². The van der Waals surface area contributed by atoms with Crippen molar-refractivity contribution in [2.75, 3.05) is 26.2 Å². The molecular weight excluding hydrogens is 347 g/mol. The van der Waals surface area contributed by atoms with E-state index in [9.17, 15) is 9.18 Å². The van der Waals surface area contributed by atoms with Gasteiger partial charge >= 0.3 is 5.97 Å². The van der Waals surface area contributed by atoms with Crippen molar-refractivity contribution in [3.63, 3.8) is 0 Å². The fourth-order valence-electron chi connectivity index (χ4n) is 4.05. The van der Waals surface area contributed by atoms with Crippen LogP contribution in [0.4, 0.5) is 4.39 Å². The van der Waals surface area contributed by atoms with Gasteiger partial charge in [0.1, 0.15) is 11.9 Å². The maximum absolute atomic E-state index is 13.1. The third-order valence-electron chi connectivity index (χ3n) is 5.28. The largest absolute Gasteiger partial charge is 0.466 e. The van der Waals surface area contributed by atoms with Crippen LogP contribution in [0.15, 0.2) is 42.1 Å². The lowest BCUT2D eigenvalue weighted by atomic mass is 9.74. The van der Waals surface area contributed by atoms with E-state index in [2.05, 4.69) is 16.6 Å². The van der Waals surface area contributed by atoms with Crippen molar-refractivity contribution in [2.45, 2.75) is 38.7 Å². The van der Waals surface area contributed by atoms with Gasteiger partial charge in [-0.25, -0.2) is 4.39 Å². The minimum atomic E-state index is -0.588. The van der Waals surface area contributed by atoms with Gasteiger partial charge in [0, 0.05) is 25.9 Å². The van der Waals surface area contributed by atoms with Crippen molar-refractivity contribution in [3.8, 4) is 0 Å². The average molecular weight is 374 g/mol. The third-order valence-corrected chi connectivity index (χ3v) is 5.28. The van der Waals surface area contributed by atoms with Crippen molar-refractivity contribution < 1.29 is 18.8 Å².